The fourth-order valence-electron chi connectivity index (χ4n) is 2.01. The Bertz CT molecular complexity index is 388. The summed E-state index contributed by atoms with van der Waals surface area (Å²) in [5.74, 6) is 8.36. The lowest BCUT2D eigenvalue weighted by Gasteiger charge is -2.21. The number of hydrazine groups is 1. The number of amides is 1. The molecule has 0 aliphatic carbocycles. The van der Waals surface area contributed by atoms with E-state index in [0.29, 0.717) is 11.5 Å². The molecule has 0 bridgehead atoms. The van der Waals surface area contributed by atoms with Crippen LogP contribution in [0.1, 0.15) is 23.2 Å². The van der Waals surface area contributed by atoms with Gasteiger partial charge in [-0.2, -0.15) is 11.8 Å². The maximum absolute atomic E-state index is 11.9. The molecule has 2 rings (SSSR count). The normalized spacial score (nSPS) is 16.3. The summed E-state index contributed by atoms with van der Waals surface area (Å²) < 4.78 is 0. The molecule has 0 aromatic heterocycles. The molecular formula is C13H19N3OS. The Morgan fingerprint density at radius 2 is 1.94 bits per heavy atom. The van der Waals surface area contributed by atoms with Crippen molar-refractivity contribution >= 4 is 23.4 Å². The minimum Gasteiger partial charge on any atom is -0.352 e. The van der Waals surface area contributed by atoms with Crippen molar-refractivity contribution in [2.24, 2.45) is 11.8 Å². The number of nitrogens with two attached hydrogens (primary N) is 1. The highest BCUT2D eigenvalue weighted by atomic mass is 32.2. The first-order valence-corrected chi connectivity index (χ1v) is 7.37. The molecule has 1 aliphatic heterocycles. The van der Waals surface area contributed by atoms with E-state index < -0.39 is 0 Å². The number of hydrogen-bond acceptors (Lipinski definition) is 4. The fourth-order valence-corrected chi connectivity index (χ4v) is 3.21. The summed E-state index contributed by atoms with van der Waals surface area (Å²) in [6.45, 7) is 0.788. The largest absolute Gasteiger partial charge is 0.352 e. The molecule has 18 heavy (non-hydrogen) atoms. The number of rotatable bonds is 4. The van der Waals surface area contributed by atoms with Gasteiger partial charge in [0.25, 0.3) is 5.91 Å². The molecule has 1 aliphatic rings. The molecule has 0 saturated carbocycles. The van der Waals surface area contributed by atoms with Gasteiger partial charge in [0, 0.05) is 17.8 Å². The van der Waals surface area contributed by atoms with Crippen LogP contribution in [0.5, 0.6) is 0 Å². The van der Waals surface area contributed by atoms with E-state index >= 15 is 0 Å². The molecule has 5 heteroatoms. The van der Waals surface area contributed by atoms with E-state index in [1.807, 2.05) is 11.8 Å². The first kappa shape index (κ1) is 13.2. The first-order valence-electron chi connectivity index (χ1n) is 6.22. The van der Waals surface area contributed by atoms with Crippen LogP contribution in [-0.4, -0.2) is 24.0 Å². The summed E-state index contributed by atoms with van der Waals surface area (Å²) in [7, 11) is 0. The molecule has 0 atom stereocenters. The fraction of sp³-hybridized carbons (Fsp3) is 0.462. The van der Waals surface area contributed by atoms with Gasteiger partial charge >= 0.3 is 0 Å². The Balaban J connectivity index is 1.82. The second-order valence-electron chi connectivity index (χ2n) is 4.49. The van der Waals surface area contributed by atoms with Gasteiger partial charge in [0.15, 0.2) is 0 Å². The molecular weight excluding hydrogens is 246 g/mol. The first-order chi connectivity index (χ1) is 8.79. The third-order valence-corrected chi connectivity index (χ3v) is 4.25. The van der Waals surface area contributed by atoms with Crippen molar-refractivity contribution in [2.75, 3.05) is 23.5 Å². The molecule has 0 spiro atoms. The predicted octanol–water partition coefficient (Wildman–Crippen LogP) is 1.85. The molecule has 1 aromatic rings. The van der Waals surface area contributed by atoms with E-state index in [1.54, 1.807) is 24.3 Å². The highest BCUT2D eigenvalue weighted by molar-refractivity contribution is 7.99. The molecule has 4 N–H and O–H groups in total. The molecule has 1 amide bonds. The molecule has 1 aromatic carbocycles. The monoisotopic (exact) mass is 265 g/mol. The maximum atomic E-state index is 11.9. The van der Waals surface area contributed by atoms with Crippen molar-refractivity contribution in [3.8, 4) is 0 Å². The second kappa shape index (κ2) is 6.66. The maximum Gasteiger partial charge on any atom is 0.251 e. The summed E-state index contributed by atoms with van der Waals surface area (Å²) >= 11 is 2.00. The van der Waals surface area contributed by atoms with E-state index in [4.69, 9.17) is 5.84 Å². The van der Waals surface area contributed by atoms with Gasteiger partial charge in [0.2, 0.25) is 0 Å². The molecule has 4 nitrogen and oxygen atoms in total. The van der Waals surface area contributed by atoms with Crippen molar-refractivity contribution in [2.45, 2.75) is 12.8 Å². The van der Waals surface area contributed by atoms with Gasteiger partial charge in [0.1, 0.15) is 0 Å². The molecule has 0 radical (unpaired) electrons. The van der Waals surface area contributed by atoms with Gasteiger partial charge in [0.05, 0.1) is 0 Å². The number of hydrogen-bond donors (Lipinski definition) is 3. The third kappa shape index (κ3) is 3.65. The number of anilines is 1. The second-order valence-corrected chi connectivity index (χ2v) is 5.71. The van der Waals surface area contributed by atoms with Crippen molar-refractivity contribution in [3.63, 3.8) is 0 Å². The summed E-state index contributed by atoms with van der Waals surface area (Å²) in [6.07, 6.45) is 2.42. The number of carbonyl (C=O) groups is 1. The van der Waals surface area contributed by atoms with Crippen LogP contribution in [-0.2, 0) is 0 Å². The van der Waals surface area contributed by atoms with Gasteiger partial charge in [-0.15, -0.1) is 0 Å². The van der Waals surface area contributed by atoms with Crippen LogP contribution < -0.4 is 16.6 Å². The van der Waals surface area contributed by atoms with E-state index in [2.05, 4.69) is 10.7 Å². The lowest BCUT2D eigenvalue weighted by molar-refractivity contribution is 0.0946. The highest BCUT2D eigenvalue weighted by Gasteiger charge is 2.14. The van der Waals surface area contributed by atoms with Crippen molar-refractivity contribution in [1.29, 1.82) is 0 Å². The quantitative estimate of drug-likeness (QED) is 0.574. The smallest absolute Gasteiger partial charge is 0.251 e. The van der Waals surface area contributed by atoms with Crippen LogP contribution in [0.2, 0.25) is 0 Å². The Morgan fingerprint density at radius 3 is 2.56 bits per heavy atom. The standard InChI is InChI=1S/C13H19N3OS/c14-16-12-3-1-11(2-4-12)13(17)15-9-10-5-7-18-8-6-10/h1-4,10,16H,5-9,14H2,(H,15,17). The topological polar surface area (TPSA) is 67.1 Å². The van der Waals surface area contributed by atoms with Crippen LogP contribution in [0.15, 0.2) is 24.3 Å². The average Bonchev–Trinajstić information content (AvgIpc) is 2.46. The van der Waals surface area contributed by atoms with Gasteiger partial charge in [-0.3, -0.25) is 10.6 Å². The zero-order valence-corrected chi connectivity index (χ0v) is 11.1. The Hall–Kier alpha value is -1.20. The predicted molar refractivity (Wildman–Crippen MR) is 76.6 cm³/mol. The zero-order valence-electron chi connectivity index (χ0n) is 10.3. The number of thioether (sulfide) groups is 1. The van der Waals surface area contributed by atoms with Crippen LogP contribution in [0.25, 0.3) is 0 Å². The number of nitrogen functional groups attached to an aromatic ring is 1. The van der Waals surface area contributed by atoms with E-state index in [9.17, 15) is 4.79 Å². The highest BCUT2D eigenvalue weighted by Crippen LogP contribution is 2.21. The van der Waals surface area contributed by atoms with E-state index in [0.717, 1.165) is 12.2 Å². The average molecular weight is 265 g/mol. The van der Waals surface area contributed by atoms with E-state index in [-0.39, 0.29) is 5.91 Å². The van der Waals surface area contributed by atoms with Gasteiger partial charge < -0.3 is 10.7 Å². The molecule has 1 heterocycles. The van der Waals surface area contributed by atoms with E-state index in [1.165, 1.54) is 24.3 Å². The SMILES string of the molecule is NNc1ccc(C(=O)NCC2CCSCC2)cc1. The van der Waals surface area contributed by atoms with Gasteiger partial charge in [-0.05, 0) is 54.5 Å². The van der Waals surface area contributed by atoms with Crippen LogP contribution in [0.3, 0.4) is 0 Å². The third-order valence-electron chi connectivity index (χ3n) is 3.21. The molecule has 0 unspecified atom stereocenters. The lowest BCUT2D eigenvalue weighted by atomic mass is 10.0. The summed E-state index contributed by atoms with van der Waals surface area (Å²) in [6, 6.07) is 7.15. The molecule has 98 valence electrons. The number of benzene rings is 1. The minimum absolute atomic E-state index is 0.00296. The number of nitrogens with one attached hydrogen (secondary N) is 2. The molecule has 1 fully saturated rings. The van der Waals surface area contributed by atoms with Crippen molar-refractivity contribution in [1.82, 2.24) is 5.32 Å². The van der Waals surface area contributed by atoms with Gasteiger partial charge in [-0.25, -0.2) is 0 Å². The summed E-state index contributed by atoms with van der Waals surface area (Å²) in [5, 5.41) is 3.01. The summed E-state index contributed by atoms with van der Waals surface area (Å²) in [5.41, 5.74) is 4.02. The van der Waals surface area contributed by atoms with Crippen molar-refractivity contribution in [3.05, 3.63) is 29.8 Å². The van der Waals surface area contributed by atoms with Crippen molar-refractivity contribution < 1.29 is 4.79 Å². The minimum atomic E-state index is -0.00296. The Kier molecular flexibility index (Phi) is 4.90. The van der Waals surface area contributed by atoms with Crippen LogP contribution >= 0.6 is 11.8 Å². The lowest BCUT2D eigenvalue weighted by Crippen LogP contribution is -2.30. The Labute approximate surface area is 112 Å². The summed E-state index contributed by atoms with van der Waals surface area (Å²) in [4.78, 5) is 11.9. The van der Waals surface area contributed by atoms with Gasteiger partial charge in [-0.1, -0.05) is 0 Å². The number of carbonyl (C=O) groups excluding carboxylic acids is 1. The molecule has 1 saturated heterocycles. The zero-order chi connectivity index (χ0) is 12.8. The van der Waals surface area contributed by atoms with Crippen LogP contribution in [0.4, 0.5) is 5.69 Å². The van der Waals surface area contributed by atoms with Crippen LogP contribution in [0, 0.1) is 5.92 Å². The Morgan fingerprint density at radius 1 is 1.28 bits per heavy atom.